The van der Waals surface area contributed by atoms with Crippen molar-refractivity contribution in [2.75, 3.05) is 13.1 Å². The minimum Gasteiger partial charge on any atom is -0.366 e. The molecule has 1 heterocycles. The monoisotopic (exact) mass is 244 g/mol. The first-order valence-electron chi connectivity index (χ1n) is 5.87. The molecule has 0 unspecified atom stereocenters. The van der Waals surface area contributed by atoms with Crippen LogP contribution in [0, 0.1) is 0 Å². The van der Waals surface area contributed by atoms with Crippen LogP contribution >= 0.6 is 12.2 Å². The van der Waals surface area contributed by atoms with E-state index in [9.17, 15) is 0 Å². The minimum atomic E-state index is -0.148. The van der Waals surface area contributed by atoms with Crippen molar-refractivity contribution in [1.82, 2.24) is 10.2 Å². The Labute approximate surface area is 105 Å². The molecular formula is C12H24N2OS. The SMILES string of the molecule is CC(C)NC(=S)N1CC(C)(C)OC(C)(C)C1. The lowest BCUT2D eigenvalue weighted by molar-refractivity contribution is -0.167. The van der Waals surface area contributed by atoms with E-state index >= 15 is 0 Å². The number of nitrogens with one attached hydrogen (secondary N) is 1. The van der Waals surface area contributed by atoms with Gasteiger partial charge in [0.2, 0.25) is 0 Å². The summed E-state index contributed by atoms with van der Waals surface area (Å²) in [5.74, 6) is 0. The topological polar surface area (TPSA) is 24.5 Å². The number of hydrogen-bond acceptors (Lipinski definition) is 2. The van der Waals surface area contributed by atoms with Gasteiger partial charge in [-0.3, -0.25) is 0 Å². The smallest absolute Gasteiger partial charge is 0.169 e. The molecule has 1 rings (SSSR count). The molecule has 94 valence electrons. The third kappa shape index (κ3) is 3.91. The molecule has 1 saturated heterocycles. The largest absolute Gasteiger partial charge is 0.366 e. The van der Waals surface area contributed by atoms with Crippen LogP contribution in [0.15, 0.2) is 0 Å². The van der Waals surface area contributed by atoms with Crippen molar-refractivity contribution in [2.45, 2.75) is 58.8 Å². The zero-order chi connectivity index (χ0) is 12.6. The van der Waals surface area contributed by atoms with Crippen LogP contribution in [0.25, 0.3) is 0 Å². The summed E-state index contributed by atoms with van der Waals surface area (Å²) >= 11 is 5.41. The maximum absolute atomic E-state index is 6.02. The third-order valence-corrected chi connectivity index (χ3v) is 2.77. The number of nitrogens with zero attached hydrogens (tertiary/aromatic N) is 1. The zero-order valence-electron chi connectivity index (χ0n) is 11.3. The normalized spacial score (nSPS) is 23.3. The summed E-state index contributed by atoms with van der Waals surface area (Å²) in [5.41, 5.74) is -0.297. The van der Waals surface area contributed by atoms with E-state index < -0.39 is 0 Å². The van der Waals surface area contributed by atoms with Crippen LogP contribution < -0.4 is 5.32 Å². The predicted molar refractivity (Wildman–Crippen MR) is 71.7 cm³/mol. The van der Waals surface area contributed by atoms with Crippen LogP contribution in [0.3, 0.4) is 0 Å². The van der Waals surface area contributed by atoms with Crippen molar-refractivity contribution in [3.63, 3.8) is 0 Å². The van der Waals surface area contributed by atoms with E-state index in [4.69, 9.17) is 17.0 Å². The summed E-state index contributed by atoms with van der Waals surface area (Å²) in [6.45, 7) is 14.3. The van der Waals surface area contributed by atoms with E-state index in [0.717, 1.165) is 18.2 Å². The molecule has 1 aliphatic heterocycles. The van der Waals surface area contributed by atoms with Gasteiger partial charge in [0, 0.05) is 19.1 Å². The summed E-state index contributed by atoms with van der Waals surface area (Å²) in [7, 11) is 0. The molecule has 0 aromatic carbocycles. The van der Waals surface area contributed by atoms with Gasteiger partial charge in [-0.1, -0.05) is 0 Å². The van der Waals surface area contributed by atoms with Crippen molar-refractivity contribution in [2.24, 2.45) is 0 Å². The average Bonchev–Trinajstić information content (AvgIpc) is 1.96. The second-order valence-corrected chi connectivity index (χ2v) is 6.47. The fraction of sp³-hybridized carbons (Fsp3) is 0.917. The molecule has 4 heteroatoms. The highest BCUT2D eigenvalue weighted by Gasteiger charge is 2.38. The Kier molecular flexibility index (Phi) is 3.85. The Hall–Kier alpha value is -0.350. The summed E-state index contributed by atoms with van der Waals surface area (Å²) in [5, 5.41) is 4.12. The molecule has 0 atom stereocenters. The summed E-state index contributed by atoms with van der Waals surface area (Å²) < 4.78 is 6.02. The van der Waals surface area contributed by atoms with Gasteiger partial charge in [0.25, 0.3) is 0 Å². The van der Waals surface area contributed by atoms with Crippen LogP contribution in [0.5, 0.6) is 0 Å². The van der Waals surface area contributed by atoms with Crippen LogP contribution in [-0.4, -0.2) is 40.3 Å². The lowest BCUT2D eigenvalue weighted by Gasteiger charge is -2.48. The number of morpholine rings is 1. The third-order valence-electron chi connectivity index (χ3n) is 2.40. The highest BCUT2D eigenvalue weighted by atomic mass is 32.1. The number of hydrogen-bond donors (Lipinski definition) is 1. The van der Waals surface area contributed by atoms with Crippen LogP contribution in [-0.2, 0) is 4.74 Å². The molecule has 0 aromatic heterocycles. The highest BCUT2D eigenvalue weighted by molar-refractivity contribution is 7.80. The molecular weight excluding hydrogens is 220 g/mol. The van der Waals surface area contributed by atoms with Crippen molar-refractivity contribution in [3.8, 4) is 0 Å². The quantitative estimate of drug-likeness (QED) is 0.714. The van der Waals surface area contributed by atoms with Gasteiger partial charge < -0.3 is 15.0 Å². The van der Waals surface area contributed by atoms with E-state index in [1.807, 2.05) is 0 Å². The Bertz CT molecular complexity index is 258. The standard InChI is InChI=1S/C12H24N2OS/c1-9(2)13-10(16)14-7-11(3,4)15-12(5,6)8-14/h9H,7-8H2,1-6H3,(H,13,16). The van der Waals surface area contributed by atoms with Crippen LogP contribution in [0.1, 0.15) is 41.5 Å². The van der Waals surface area contributed by atoms with Crippen molar-refractivity contribution in [3.05, 3.63) is 0 Å². The van der Waals surface area contributed by atoms with Gasteiger partial charge in [-0.2, -0.15) is 0 Å². The van der Waals surface area contributed by atoms with Crippen molar-refractivity contribution in [1.29, 1.82) is 0 Å². The number of rotatable bonds is 1. The molecule has 1 fully saturated rings. The van der Waals surface area contributed by atoms with Gasteiger partial charge in [-0.05, 0) is 53.8 Å². The molecule has 0 spiro atoms. The maximum atomic E-state index is 6.02. The predicted octanol–water partition coefficient (Wildman–Crippen LogP) is 2.16. The molecule has 0 aromatic rings. The maximum Gasteiger partial charge on any atom is 0.169 e. The highest BCUT2D eigenvalue weighted by Crippen LogP contribution is 2.27. The van der Waals surface area contributed by atoms with Crippen molar-refractivity contribution >= 4 is 17.3 Å². The van der Waals surface area contributed by atoms with Gasteiger partial charge >= 0.3 is 0 Å². The molecule has 0 bridgehead atoms. The molecule has 1 aliphatic rings. The lowest BCUT2D eigenvalue weighted by atomic mass is 9.99. The summed E-state index contributed by atoms with van der Waals surface area (Å²) in [6.07, 6.45) is 0. The first-order valence-corrected chi connectivity index (χ1v) is 6.28. The second kappa shape index (κ2) is 4.49. The fourth-order valence-corrected chi connectivity index (χ4v) is 2.63. The molecule has 0 saturated carbocycles. The Morgan fingerprint density at radius 1 is 1.19 bits per heavy atom. The van der Waals surface area contributed by atoms with E-state index in [1.54, 1.807) is 0 Å². The van der Waals surface area contributed by atoms with Gasteiger partial charge in [0.05, 0.1) is 11.2 Å². The number of thiocarbonyl (C=S) groups is 1. The van der Waals surface area contributed by atoms with Gasteiger partial charge in [0.1, 0.15) is 0 Å². The minimum absolute atomic E-state index is 0.148. The van der Waals surface area contributed by atoms with Gasteiger partial charge in [-0.15, -0.1) is 0 Å². The summed E-state index contributed by atoms with van der Waals surface area (Å²) in [6, 6.07) is 0.376. The van der Waals surface area contributed by atoms with E-state index in [-0.39, 0.29) is 11.2 Å². The van der Waals surface area contributed by atoms with E-state index in [0.29, 0.717) is 6.04 Å². The average molecular weight is 244 g/mol. The Balaban J connectivity index is 2.71. The first-order chi connectivity index (χ1) is 7.11. The second-order valence-electron chi connectivity index (χ2n) is 6.08. The Morgan fingerprint density at radius 2 is 1.62 bits per heavy atom. The first kappa shape index (κ1) is 13.7. The fourth-order valence-electron chi connectivity index (χ4n) is 2.27. The van der Waals surface area contributed by atoms with E-state index in [2.05, 4.69) is 51.8 Å². The molecule has 0 amide bonds. The van der Waals surface area contributed by atoms with Gasteiger partial charge in [-0.25, -0.2) is 0 Å². The Morgan fingerprint density at radius 3 is 2.00 bits per heavy atom. The molecule has 0 radical (unpaired) electrons. The van der Waals surface area contributed by atoms with Gasteiger partial charge in [0.15, 0.2) is 5.11 Å². The van der Waals surface area contributed by atoms with Crippen LogP contribution in [0.2, 0.25) is 0 Å². The zero-order valence-corrected chi connectivity index (χ0v) is 12.1. The lowest BCUT2D eigenvalue weighted by Crippen LogP contribution is -2.60. The number of ether oxygens (including phenoxy) is 1. The van der Waals surface area contributed by atoms with Crippen molar-refractivity contribution < 1.29 is 4.74 Å². The molecule has 16 heavy (non-hydrogen) atoms. The van der Waals surface area contributed by atoms with E-state index in [1.165, 1.54) is 0 Å². The van der Waals surface area contributed by atoms with Crippen LogP contribution in [0.4, 0.5) is 0 Å². The molecule has 3 nitrogen and oxygen atoms in total. The molecule has 1 N–H and O–H groups in total. The summed E-state index contributed by atoms with van der Waals surface area (Å²) in [4.78, 5) is 2.21. The molecule has 0 aliphatic carbocycles.